The Hall–Kier alpha value is -3.43. The average molecular weight is 439 g/mol. The molecule has 0 fully saturated rings. The van der Waals surface area contributed by atoms with Gasteiger partial charge in [-0.2, -0.15) is 5.10 Å². The third-order valence-electron chi connectivity index (χ3n) is 4.98. The molecule has 4 aromatic rings. The zero-order valence-corrected chi connectivity index (χ0v) is 17.1. The second-order valence-electron chi connectivity index (χ2n) is 7.01. The first-order chi connectivity index (χ1) is 14.9. The minimum atomic E-state index is -3.99. The van der Waals surface area contributed by atoms with Crippen LogP contribution in [0.5, 0.6) is 0 Å². The normalized spacial score (nSPS) is 11.7. The SMILES string of the molecule is O=C(CCc1ccc(S(=O)(=O)c2cc(F)ccc2CO)cc1)c1cnc2[nH]ncc2c1. The van der Waals surface area contributed by atoms with Crippen molar-refractivity contribution in [3.05, 3.63) is 83.4 Å². The first kappa shape index (κ1) is 20.8. The lowest BCUT2D eigenvalue weighted by Gasteiger charge is -2.10. The monoisotopic (exact) mass is 439 g/mol. The Morgan fingerprint density at radius 1 is 1.06 bits per heavy atom. The van der Waals surface area contributed by atoms with Crippen LogP contribution in [-0.4, -0.2) is 34.5 Å². The molecule has 4 rings (SSSR count). The molecule has 158 valence electrons. The van der Waals surface area contributed by atoms with Crippen LogP contribution in [0.4, 0.5) is 4.39 Å². The van der Waals surface area contributed by atoms with Gasteiger partial charge in [0.2, 0.25) is 9.84 Å². The first-order valence-corrected chi connectivity index (χ1v) is 10.9. The molecule has 2 N–H and O–H groups in total. The number of nitrogens with zero attached hydrogens (tertiary/aromatic N) is 2. The lowest BCUT2D eigenvalue weighted by atomic mass is 10.0. The second kappa shape index (κ2) is 8.37. The molecule has 0 bridgehead atoms. The summed E-state index contributed by atoms with van der Waals surface area (Å²) in [5.74, 6) is -0.784. The molecule has 0 aliphatic heterocycles. The highest BCUT2D eigenvalue weighted by Gasteiger charge is 2.22. The summed E-state index contributed by atoms with van der Waals surface area (Å²) in [6.07, 6.45) is 3.75. The van der Waals surface area contributed by atoms with Gasteiger partial charge in [0.25, 0.3) is 0 Å². The van der Waals surface area contributed by atoms with Crippen LogP contribution >= 0.6 is 0 Å². The molecular weight excluding hydrogens is 421 g/mol. The Labute approximate surface area is 177 Å². The molecule has 0 spiro atoms. The number of halogens is 1. The van der Waals surface area contributed by atoms with Crippen LogP contribution in [0.1, 0.15) is 27.9 Å². The van der Waals surface area contributed by atoms with E-state index in [-0.39, 0.29) is 27.6 Å². The quantitative estimate of drug-likeness (QED) is 0.428. The standard InChI is InChI=1S/C22H18FN3O4S/c23-18-5-4-15(13-27)21(10-18)31(29,30)19-6-1-14(2-7-19)3-8-20(28)16-9-17-12-25-26-22(17)24-11-16/h1-2,4-7,9-12,27H,3,8,13H2,(H,24,25,26). The van der Waals surface area contributed by atoms with Crippen LogP contribution in [0.15, 0.2) is 70.7 Å². The van der Waals surface area contributed by atoms with E-state index in [0.717, 1.165) is 23.1 Å². The lowest BCUT2D eigenvalue weighted by Crippen LogP contribution is -2.07. The van der Waals surface area contributed by atoms with Gasteiger partial charge in [-0.15, -0.1) is 0 Å². The molecule has 0 atom stereocenters. The summed E-state index contributed by atoms with van der Waals surface area (Å²) in [6, 6.07) is 11.0. The van der Waals surface area contributed by atoms with Crippen molar-refractivity contribution in [1.82, 2.24) is 15.2 Å². The number of benzene rings is 2. The molecule has 0 amide bonds. The number of hydrogen-bond acceptors (Lipinski definition) is 6. The summed E-state index contributed by atoms with van der Waals surface area (Å²) in [7, 11) is -3.99. The van der Waals surface area contributed by atoms with Crippen molar-refractivity contribution < 1.29 is 22.7 Å². The number of hydrogen-bond donors (Lipinski definition) is 2. The number of aryl methyl sites for hydroxylation is 1. The van der Waals surface area contributed by atoms with Gasteiger partial charge in [0.15, 0.2) is 11.4 Å². The number of rotatable bonds is 7. The number of aromatic amines is 1. The fourth-order valence-corrected chi connectivity index (χ4v) is 4.76. The van der Waals surface area contributed by atoms with Gasteiger partial charge < -0.3 is 5.11 Å². The van der Waals surface area contributed by atoms with Gasteiger partial charge in [-0.25, -0.2) is 17.8 Å². The van der Waals surface area contributed by atoms with E-state index in [2.05, 4.69) is 15.2 Å². The van der Waals surface area contributed by atoms with E-state index >= 15 is 0 Å². The number of aromatic nitrogens is 3. The number of sulfone groups is 1. The van der Waals surface area contributed by atoms with E-state index in [1.807, 2.05) is 0 Å². The van der Waals surface area contributed by atoms with Gasteiger partial charge in [0, 0.05) is 23.6 Å². The Kier molecular flexibility index (Phi) is 5.62. The number of aliphatic hydroxyl groups excluding tert-OH is 1. The summed E-state index contributed by atoms with van der Waals surface area (Å²) < 4.78 is 39.3. The minimum Gasteiger partial charge on any atom is -0.392 e. The molecule has 9 heteroatoms. The third-order valence-corrected chi connectivity index (χ3v) is 6.83. The zero-order chi connectivity index (χ0) is 22.0. The number of carbonyl (C=O) groups excluding carboxylic acids is 1. The molecule has 2 aromatic carbocycles. The highest BCUT2D eigenvalue weighted by molar-refractivity contribution is 7.91. The van der Waals surface area contributed by atoms with E-state index < -0.39 is 22.3 Å². The summed E-state index contributed by atoms with van der Waals surface area (Å²) in [6.45, 7) is -0.519. The summed E-state index contributed by atoms with van der Waals surface area (Å²) in [4.78, 5) is 16.3. The van der Waals surface area contributed by atoms with Crippen molar-refractivity contribution >= 4 is 26.7 Å². The largest absolute Gasteiger partial charge is 0.392 e. The van der Waals surface area contributed by atoms with Gasteiger partial charge in [-0.1, -0.05) is 18.2 Å². The van der Waals surface area contributed by atoms with Crippen molar-refractivity contribution in [2.24, 2.45) is 0 Å². The Morgan fingerprint density at radius 3 is 2.58 bits per heavy atom. The van der Waals surface area contributed by atoms with Gasteiger partial charge >= 0.3 is 0 Å². The highest BCUT2D eigenvalue weighted by atomic mass is 32.2. The van der Waals surface area contributed by atoms with Crippen LogP contribution in [0.3, 0.4) is 0 Å². The molecule has 0 unspecified atom stereocenters. The van der Waals surface area contributed by atoms with Crippen LogP contribution in [-0.2, 0) is 22.9 Å². The van der Waals surface area contributed by atoms with Crippen molar-refractivity contribution in [3.8, 4) is 0 Å². The predicted molar refractivity (Wildman–Crippen MR) is 111 cm³/mol. The first-order valence-electron chi connectivity index (χ1n) is 9.44. The van der Waals surface area contributed by atoms with Crippen LogP contribution in [0.2, 0.25) is 0 Å². The van der Waals surface area contributed by atoms with Crippen molar-refractivity contribution in [2.75, 3.05) is 0 Å². The van der Waals surface area contributed by atoms with Gasteiger partial charge in [-0.3, -0.25) is 9.89 Å². The molecule has 31 heavy (non-hydrogen) atoms. The number of fused-ring (bicyclic) bond motifs is 1. The fourth-order valence-electron chi connectivity index (χ4n) is 3.26. The fraction of sp³-hybridized carbons (Fsp3) is 0.136. The summed E-state index contributed by atoms with van der Waals surface area (Å²) in [5.41, 5.74) is 2.00. The maximum Gasteiger partial charge on any atom is 0.207 e. The molecular formula is C22H18FN3O4S. The van der Waals surface area contributed by atoms with Crippen molar-refractivity contribution in [1.29, 1.82) is 0 Å². The van der Waals surface area contributed by atoms with Crippen molar-refractivity contribution in [3.63, 3.8) is 0 Å². The Balaban J connectivity index is 1.49. The number of pyridine rings is 1. The van der Waals surface area contributed by atoms with E-state index in [4.69, 9.17) is 0 Å². The number of carbonyl (C=O) groups is 1. The molecule has 7 nitrogen and oxygen atoms in total. The zero-order valence-electron chi connectivity index (χ0n) is 16.2. The van der Waals surface area contributed by atoms with Crippen molar-refractivity contribution in [2.45, 2.75) is 29.2 Å². The second-order valence-corrected chi connectivity index (χ2v) is 8.93. The molecule has 2 heterocycles. The number of ketones is 1. The maximum absolute atomic E-state index is 13.6. The lowest BCUT2D eigenvalue weighted by molar-refractivity contribution is 0.0982. The summed E-state index contributed by atoms with van der Waals surface area (Å²) >= 11 is 0. The molecule has 2 aromatic heterocycles. The Bertz CT molecular complexity index is 1370. The van der Waals surface area contributed by atoms with E-state index in [9.17, 15) is 22.7 Å². The molecule has 0 radical (unpaired) electrons. The summed E-state index contributed by atoms with van der Waals surface area (Å²) in [5, 5.41) is 16.8. The number of nitrogens with one attached hydrogen (secondary N) is 1. The number of Topliss-reactive ketones (excluding diaryl/α,β-unsaturated/α-hetero) is 1. The average Bonchev–Trinajstić information content (AvgIpc) is 3.25. The molecule has 0 saturated heterocycles. The smallest absolute Gasteiger partial charge is 0.207 e. The Morgan fingerprint density at radius 2 is 1.84 bits per heavy atom. The van der Waals surface area contributed by atoms with E-state index in [1.54, 1.807) is 24.4 Å². The molecule has 0 saturated carbocycles. The van der Waals surface area contributed by atoms with Gasteiger partial charge in [0.05, 0.1) is 22.6 Å². The van der Waals surface area contributed by atoms with Gasteiger partial charge in [0.1, 0.15) is 5.82 Å². The predicted octanol–water partition coefficient (Wildman–Crippen LogP) is 3.24. The van der Waals surface area contributed by atoms with Crippen LogP contribution < -0.4 is 0 Å². The third kappa shape index (κ3) is 4.23. The topological polar surface area (TPSA) is 113 Å². The molecule has 0 aliphatic rings. The maximum atomic E-state index is 13.6. The number of H-pyrrole nitrogens is 1. The van der Waals surface area contributed by atoms with Crippen LogP contribution in [0, 0.1) is 5.82 Å². The highest BCUT2D eigenvalue weighted by Crippen LogP contribution is 2.26. The number of aliphatic hydroxyl groups is 1. The van der Waals surface area contributed by atoms with Gasteiger partial charge in [-0.05, 0) is 47.9 Å². The van der Waals surface area contributed by atoms with Crippen LogP contribution in [0.25, 0.3) is 11.0 Å². The molecule has 0 aliphatic carbocycles. The minimum absolute atomic E-state index is 0.0162. The van der Waals surface area contributed by atoms with E-state index in [1.165, 1.54) is 24.4 Å². The van der Waals surface area contributed by atoms with E-state index in [0.29, 0.717) is 17.6 Å².